The van der Waals surface area contributed by atoms with Gasteiger partial charge in [-0.3, -0.25) is 0 Å². The van der Waals surface area contributed by atoms with Crippen molar-refractivity contribution in [3.05, 3.63) is 29.7 Å². The first kappa shape index (κ1) is 11.6. The lowest BCUT2D eigenvalue weighted by molar-refractivity contribution is 0.661. The lowest BCUT2D eigenvalue weighted by Gasteiger charge is -2.03. The van der Waals surface area contributed by atoms with Crippen LogP contribution in [0.25, 0.3) is 0 Å². The SMILES string of the molecule is CCn1c(C)nnc1Sc1ccc(C#N)cn1. The fourth-order valence-electron chi connectivity index (χ4n) is 1.40. The Kier molecular flexibility index (Phi) is 3.40. The molecule has 0 saturated heterocycles. The largest absolute Gasteiger partial charge is 0.306 e. The van der Waals surface area contributed by atoms with Crippen LogP contribution in [0.1, 0.15) is 18.3 Å². The Morgan fingerprint density at radius 1 is 1.41 bits per heavy atom. The molecule has 2 rings (SSSR count). The molecule has 2 heterocycles. The third kappa shape index (κ3) is 2.45. The fourth-order valence-corrected chi connectivity index (χ4v) is 2.28. The van der Waals surface area contributed by atoms with Gasteiger partial charge in [0.05, 0.1) is 5.56 Å². The van der Waals surface area contributed by atoms with Crippen LogP contribution in [-0.2, 0) is 6.54 Å². The molecule has 0 aliphatic heterocycles. The van der Waals surface area contributed by atoms with Gasteiger partial charge in [-0.2, -0.15) is 5.26 Å². The summed E-state index contributed by atoms with van der Waals surface area (Å²) in [4.78, 5) is 4.19. The topological polar surface area (TPSA) is 67.4 Å². The average Bonchev–Trinajstić information content (AvgIpc) is 2.71. The van der Waals surface area contributed by atoms with E-state index in [9.17, 15) is 0 Å². The van der Waals surface area contributed by atoms with Crippen LogP contribution in [0.3, 0.4) is 0 Å². The maximum absolute atomic E-state index is 8.68. The standard InChI is InChI=1S/C11H11N5S/c1-3-16-8(2)14-15-11(16)17-10-5-4-9(6-12)7-13-10/h4-5,7H,3H2,1-2H3. The molecule has 6 heteroatoms. The highest BCUT2D eigenvalue weighted by atomic mass is 32.2. The molecular weight excluding hydrogens is 234 g/mol. The molecule has 2 aromatic rings. The smallest absolute Gasteiger partial charge is 0.197 e. The van der Waals surface area contributed by atoms with E-state index in [1.165, 1.54) is 11.8 Å². The predicted molar refractivity (Wildman–Crippen MR) is 63.5 cm³/mol. The summed E-state index contributed by atoms with van der Waals surface area (Å²) in [7, 11) is 0. The van der Waals surface area contributed by atoms with Crippen molar-refractivity contribution in [2.24, 2.45) is 0 Å². The molecule has 0 fully saturated rings. The van der Waals surface area contributed by atoms with E-state index < -0.39 is 0 Å². The van der Waals surface area contributed by atoms with Gasteiger partial charge in [0, 0.05) is 12.7 Å². The summed E-state index contributed by atoms with van der Waals surface area (Å²) in [5.41, 5.74) is 0.558. The molecule has 0 N–H and O–H groups in total. The second-order valence-electron chi connectivity index (χ2n) is 3.37. The summed E-state index contributed by atoms with van der Waals surface area (Å²) < 4.78 is 2.02. The molecule has 0 unspecified atom stereocenters. The quantitative estimate of drug-likeness (QED) is 0.827. The van der Waals surface area contributed by atoms with Crippen molar-refractivity contribution in [2.45, 2.75) is 30.6 Å². The second kappa shape index (κ2) is 4.97. The third-order valence-electron chi connectivity index (χ3n) is 2.28. The molecule has 17 heavy (non-hydrogen) atoms. The number of hydrogen-bond acceptors (Lipinski definition) is 5. The zero-order valence-corrected chi connectivity index (χ0v) is 10.4. The first-order valence-electron chi connectivity index (χ1n) is 5.18. The predicted octanol–water partition coefficient (Wildman–Crippen LogP) is 2.02. The maximum atomic E-state index is 8.68. The summed E-state index contributed by atoms with van der Waals surface area (Å²) in [5, 5.41) is 18.4. The van der Waals surface area contributed by atoms with Crippen LogP contribution in [0.4, 0.5) is 0 Å². The van der Waals surface area contributed by atoms with Crippen molar-refractivity contribution >= 4 is 11.8 Å². The Bertz CT molecular complexity index is 552. The Morgan fingerprint density at radius 3 is 2.82 bits per heavy atom. The van der Waals surface area contributed by atoms with Gasteiger partial charge in [0.2, 0.25) is 0 Å². The molecule has 0 radical (unpaired) electrons. The first-order valence-corrected chi connectivity index (χ1v) is 6.00. The Morgan fingerprint density at radius 2 is 2.24 bits per heavy atom. The first-order chi connectivity index (χ1) is 8.24. The van der Waals surface area contributed by atoms with Crippen molar-refractivity contribution in [3.63, 3.8) is 0 Å². The Hall–Kier alpha value is -1.87. The van der Waals surface area contributed by atoms with Crippen LogP contribution < -0.4 is 0 Å². The summed E-state index contributed by atoms with van der Waals surface area (Å²) in [6, 6.07) is 5.60. The van der Waals surface area contributed by atoms with Crippen LogP contribution >= 0.6 is 11.8 Å². The van der Waals surface area contributed by atoms with Crippen LogP contribution in [0.5, 0.6) is 0 Å². The normalized spacial score (nSPS) is 10.2. The van der Waals surface area contributed by atoms with Crippen molar-refractivity contribution in [1.82, 2.24) is 19.7 Å². The summed E-state index contributed by atoms with van der Waals surface area (Å²) >= 11 is 1.45. The lowest BCUT2D eigenvalue weighted by Crippen LogP contribution is -1.99. The molecule has 0 aromatic carbocycles. The fraction of sp³-hybridized carbons (Fsp3) is 0.273. The summed E-state index contributed by atoms with van der Waals surface area (Å²) in [5.74, 6) is 0.892. The summed E-state index contributed by atoms with van der Waals surface area (Å²) in [6.07, 6.45) is 1.56. The van der Waals surface area contributed by atoms with E-state index in [4.69, 9.17) is 5.26 Å². The summed E-state index contributed by atoms with van der Waals surface area (Å²) in [6.45, 7) is 4.80. The number of rotatable bonds is 3. The van der Waals surface area contributed by atoms with Gasteiger partial charge in [-0.25, -0.2) is 4.98 Å². The van der Waals surface area contributed by atoms with Gasteiger partial charge in [-0.1, -0.05) is 0 Å². The van der Waals surface area contributed by atoms with Gasteiger partial charge in [0.1, 0.15) is 16.9 Å². The molecule has 86 valence electrons. The highest BCUT2D eigenvalue weighted by Gasteiger charge is 2.09. The van der Waals surface area contributed by atoms with Crippen molar-refractivity contribution < 1.29 is 0 Å². The van der Waals surface area contributed by atoms with E-state index in [0.29, 0.717) is 5.56 Å². The van der Waals surface area contributed by atoms with E-state index in [2.05, 4.69) is 15.2 Å². The molecule has 0 bridgehead atoms. The van der Waals surface area contributed by atoms with Gasteiger partial charge in [-0.15, -0.1) is 10.2 Å². The van der Waals surface area contributed by atoms with E-state index in [1.807, 2.05) is 30.6 Å². The number of nitriles is 1. The maximum Gasteiger partial charge on any atom is 0.197 e. The molecule has 0 spiro atoms. The van der Waals surface area contributed by atoms with E-state index in [1.54, 1.807) is 12.3 Å². The number of aryl methyl sites for hydroxylation is 1. The molecule has 0 aliphatic rings. The molecule has 5 nitrogen and oxygen atoms in total. The van der Waals surface area contributed by atoms with E-state index in [-0.39, 0.29) is 0 Å². The number of aromatic nitrogens is 4. The van der Waals surface area contributed by atoms with Crippen molar-refractivity contribution in [2.75, 3.05) is 0 Å². The number of hydrogen-bond donors (Lipinski definition) is 0. The van der Waals surface area contributed by atoms with E-state index in [0.717, 1.165) is 22.6 Å². The second-order valence-corrected chi connectivity index (χ2v) is 4.36. The minimum atomic E-state index is 0.558. The van der Waals surface area contributed by atoms with Crippen molar-refractivity contribution in [1.29, 1.82) is 5.26 Å². The monoisotopic (exact) mass is 245 g/mol. The average molecular weight is 245 g/mol. The molecule has 2 aromatic heterocycles. The molecule has 0 atom stereocenters. The van der Waals surface area contributed by atoms with Crippen LogP contribution in [-0.4, -0.2) is 19.7 Å². The molecule has 0 saturated carbocycles. The number of pyridine rings is 1. The lowest BCUT2D eigenvalue weighted by atomic mass is 10.3. The van der Waals surface area contributed by atoms with Crippen LogP contribution in [0.15, 0.2) is 28.5 Å². The zero-order valence-electron chi connectivity index (χ0n) is 9.58. The van der Waals surface area contributed by atoms with Gasteiger partial charge >= 0.3 is 0 Å². The van der Waals surface area contributed by atoms with Gasteiger partial charge in [0.15, 0.2) is 5.16 Å². The third-order valence-corrected chi connectivity index (χ3v) is 3.21. The molecule has 0 amide bonds. The highest BCUT2D eigenvalue weighted by Crippen LogP contribution is 2.24. The zero-order chi connectivity index (χ0) is 12.3. The highest BCUT2D eigenvalue weighted by molar-refractivity contribution is 7.99. The molecule has 0 aliphatic carbocycles. The number of nitrogens with zero attached hydrogens (tertiary/aromatic N) is 5. The van der Waals surface area contributed by atoms with Crippen LogP contribution in [0, 0.1) is 18.3 Å². The van der Waals surface area contributed by atoms with Crippen molar-refractivity contribution in [3.8, 4) is 6.07 Å². The minimum Gasteiger partial charge on any atom is -0.306 e. The van der Waals surface area contributed by atoms with Gasteiger partial charge in [0.25, 0.3) is 0 Å². The molecular formula is C11H11N5S. The minimum absolute atomic E-state index is 0.558. The van der Waals surface area contributed by atoms with E-state index >= 15 is 0 Å². The Balaban J connectivity index is 2.22. The Labute approximate surface area is 104 Å². The van der Waals surface area contributed by atoms with Crippen LogP contribution in [0.2, 0.25) is 0 Å². The van der Waals surface area contributed by atoms with Gasteiger partial charge < -0.3 is 4.57 Å². The van der Waals surface area contributed by atoms with Gasteiger partial charge in [-0.05, 0) is 37.7 Å².